The Morgan fingerprint density at radius 1 is 1.00 bits per heavy atom. The minimum Gasteiger partial charge on any atom is -0.507 e. The van der Waals surface area contributed by atoms with Crippen molar-refractivity contribution in [2.24, 2.45) is 11.7 Å². The highest BCUT2D eigenvalue weighted by Crippen LogP contribution is 2.47. The van der Waals surface area contributed by atoms with Gasteiger partial charge in [0, 0.05) is 41.3 Å². The Morgan fingerprint density at radius 3 is 1.93 bits per heavy atom. The Balaban J connectivity index is 1.82. The molecule has 4 rings (SSSR count). The van der Waals surface area contributed by atoms with Crippen molar-refractivity contribution in [2.75, 3.05) is 13.1 Å². The molecule has 0 radical (unpaired) electrons. The summed E-state index contributed by atoms with van der Waals surface area (Å²) < 4.78 is 0. The van der Waals surface area contributed by atoms with Crippen LogP contribution in [-0.2, 0) is 17.6 Å². The SMILES string of the molecule is NCCNC(=O)C1Cc2c(O)c3c(c(O)c2C1)C(=O)c1ccccc1C3=O. The maximum atomic E-state index is 12.9. The molecule has 7 heteroatoms. The molecule has 0 spiro atoms. The summed E-state index contributed by atoms with van der Waals surface area (Å²) in [7, 11) is 0. The van der Waals surface area contributed by atoms with E-state index in [0.717, 1.165) is 0 Å². The molecule has 0 bridgehead atoms. The van der Waals surface area contributed by atoms with Gasteiger partial charge in [-0.3, -0.25) is 14.4 Å². The fourth-order valence-electron chi connectivity index (χ4n) is 3.94. The van der Waals surface area contributed by atoms with Gasteiger partial charge in [0.1, 0.15) is 11.5 Å². The third kappa shape index (κ3) is 2.43. The number of phenols is 2. The van der Waals surface area contributed by atoms with E-state index in [9.17, 15) is 24.6 Å². The molecule has 0 saturated heterocycles. The van der Waals surface area contributed by atoms with Gasteiger partial charge in [-0.2, -0.15) is 0 Å². The van der Waals surface area contributed by atoms with Crippen LogP contribution >= 0.6 is 0 Å². The second-order valence-electron chi connectivity index (χ2n) is 6.79. The number of aromatic hydroxyl groups is 2. The smallest absolute Gasteiger partial charge is 0.223 e. The summed E-state index contributed by atoms with van der Waals surface area (Å²) in [6, 6.07) is 6.31. The summed E-state index contributed by atoms with van der Waals surface area (Å²) in [5.41, 5.74) is 6.11. The summed E-state index contributed by atoms with van der Waals surface area (Å²) in [4.78, 5) is 38.0. The van der Waals surface area contributed by atoms with Gasteiger partial charge in [0.2, 0.25) is 5.91 Å². The van der Waals surface area contributed by atoms with Crippen LogP contribution in [0.5, 0.6) is 11.5 Å². The van der Waals surface area contributed by atoms with E-state index in [1.807, 2.05) is 0 Å². The number of hydrogen-bond donors (Lipinski definition) is 4. The molecule has 0 aromatic heterocycles. The van der Waals surface area contributed by atoms with Crippen molar-refractivity contribution in [1.29, 1.82) is 0 Å². The fourth-order valence-corrected chi connectivity index (χ4v) is 3.94. The van der Waals surface area contributed by atoms with Gasteiger partial charge in [-0.1, -0.05) is 24.3 Å². The number of carbonyl (C=O) groups is 3. The number of amides is 1. The van der Waals surface area contributed by atoms with E-state index < -0.39 is 17.5 Å². The van der Waals surface area contributed by atoms with E-state index in [-0.39, 0.29) is 52.5 Å². The number of nitrogens with two attached hydrogens (primary N) is 1. The molecule has 5 N–H and O–H groups in total. The summed E-state index contributed by atoms with van der Waals surface area (Å²) in [6.07, 6.45) is 0.364. The lowest BCUT2D eigenvalue weighted by Crippen LogP contribution is -2.34. The number of hydrogen-bond acceptors (Lipinski definition) is 6. The second-order valence-corrected chi connectivity index (χ2v) is 6.79. The molecular weight excluding hydrogens is 348 g/mol. The Kier molecular flexibility index (Phi) is 3.96. The fraction of sp³-hybridized carbons (Fsp3) is 0.250. The quantitative estimate of drug-likeness (QED) is 0.504. The van der Waals surface area contributed by atoms with Crippen molar-refractivity contribution in [2.45, 2.75) is 12.8 Å². The first-order valence-corrected chi connectivity index (χ1v) is 8.71. The van der Waals surface area contributed by atoms with E-state index in [2.05, 4.69) is 5.32 Å². The molecule has 27 heavy (non-hydrogen) atoms. The molecule has 138 valence electrons. The first kappa shape index (κ1) is 17.2. The molecular formula is C20H18N2O5. The topological polar surface area (TPSA) is 130 Å². The normalized spacial score (nSPS) is 15.3. The lowest BCUT2D eigenvalue weighted by Gasteiger charge is -2.21. The third-order valence-electron chi connectivity index (χ3n) is 5.25. The van der Waals surface area contributed by atoms with E-state index >= 15 is 0 Å². The first-order valence-electron chi connectivity index (χ1n) is 8.71. The van der Waals surface area contributed by atoms with Crippen LogP contribution in [0.1, 0.15) is 43.0 Å². The van der Waals surface area contributed by atoms with E-state index in [1.165, 1.54) is 12.1 Å². The Bertz CT molecular complexity index is 942. The molecule has 2 aromatic carbocycles. The molecule has 2 aliphatic carbocycles. The van der Waals surface area contributed by atoms with Gasteiger partial charge in [-0.25, -0.2) is 0 Å². The van der Waals surface area contributed by atoms with Crippen molar-refractivity contribution < 1.29 is 24.6 Å². The van der Waals surface area contributed by atoms with Gasteiger partial charge in [0.05, 0.1) is 11.1 Å². The number of carbonyl (C=O) groups excluding carboxylic acids is 3. The maximum Gasteiger partial charge on any atom is 0.223 e. The average molecular weight is 366 g/mol. The Morgan fingerprint density at radius 2 is 1.48 bits per heavy atom. The Labute approximate surface area is 154 Å². The van der Waals surface area contributed by atoms with Crippen LogP contribution in [0.15, 0.2) is 24.3 Å². The second kappa shape index (κ2) is 6.21. The standard InChI is InChI=1S/C20H18N2O5/c21-5-6-22-20(27)9-7-12-13(8-9)19(26)15-14(18(12)25)16(23)10-3-1-2-4-11(10)17(15)24/h1-4,9,25-26H,5-8,21H2,(H,22,27). The first-order chi connectivity index (χ1) is 13.0. The molecule has 0 atom stereocenters. The molecule has 0 saturated carbocycles. The summed E-state index contributed by atoms with van der Waals surface area (Å²) in [5, 5.41) is 24.2. The molecule has 2 aliphatic rings. The van der Waals surface area contributed by atoms with Crippen LogP contribution in [0.2, 0.25) is 0 Å². The third-order valence-corrected chi connectivity index (χ3v) is 5.25. The van der Waals surface area contributed by atoms with E-state index in [0.29, 0.717) is 24.2 Å². The number of ketones is 2. The Hall–Kier alpha value is -3.19. The zero-order valence-corrected chi connectivity index (χ0v) is 14.4. The van der Waals surface area contributed by atoms with Gasteiger partial charge in [-0.05, 0) is 12.8 Å². The number of rotatable bonds is 3. The highest BCUT2D eigenvalue weighted by atomic mass is 16.3. The zero-order valence-electron chi connectivity index (χ0n) is 14.4. The molecule has 7 nitrogen and oxygen atoms in total. The number of nitrogens with one attached hydrogen (secondary N) is 1. The summed E-state index contributed by atoms with van der Waals surface area (Å²) >= 11 is 0. The highest BCUT2D eigenvalue weighted by molar-refractivity contribution is 6.30. The van der Waals surface area contributed by atoms with Gasteiger partial charge < -0.3 is 21.3 Å². The lowest BCUT2D eigenvalue weighted by atomic mass is 9.81. The molecule has 0 unspecified atom stereocenters. The number of phenolic OH excluding ortho intramolecular Hbond substituents is 2. The minimum atomic E-state index is -0.508. The van der Waals surface area contributed by atoms with Crippen molar-refractivity contribution >= 4 is 17.5 Å². The van der Waals surface area contributed by atoms with Gasteiger partial charge in [-0.15, -0.1) is 0 Å². The minimum absolute atomic E-state index is 0.182. The predicted octanol–water partition coefficient (Wildman–Crippen LogP) is 0.663. The van der Waals surface area contributed by atoms with Crippen LogP contribution in [-0.4, -0.2) is 40.8 Å². The van der Waals surface area contributed by atoms with Crippen molar-refractivity contribution in [1.82, 2.24) is 5.32 Å². The van der Waals surface area contributed by atoms with Crippen molar-refractivity contribution in [3.05, 3.63) is 57.6 Å². The molecule has 0 aliphatic heterocycles. The van der Waals surface area contributed by atoms with Gasteiger partial charge in [0.15, 0.2) is 11.6 Å². The van der Waals surface area contributed by atoms with Crippen LogP contribution in [0.4, 0.5) is 0 Å². The van der Waals surface area contributed by atoms with Crippen LogP contribution in [0.25, 0.3) is 0 Å². The summed E-state index contributed by atoms with van der Waals surface area (Å²) in [5.74, 6) is -2.40. The highest BCUT2D eigenvalue weighted by Gasteiger charge is 2.41. The van der Waals surface area contributed by atoms with E-state index in [1.54, 1.807) is 12.1 Å². The van der Waals surface area contributed by atoms with Crippen LogP contribution < -0.4 is 11.1 Å². The number of fused-ring (bicyclic) bond motifs is 3. The van der Waals surface area contributed by atoms with Crippen LogP contribution in [0, 0.1) is 5.92 Å². The lowest BCUT2D eigenvalue weighted by molar-refractivity contribution is -0.124. The molecule has 0 heterocycles. The van der Waals surface area contributed by atoms with Gasteiger partial charge in [0.25, 0.3) is 0 Å². The average Bonchev–Trinajstić information content (AvgIpc) is 3.13. The number of benzene rings is 2. The van der Waals surface area contributed by atoms with Crippen molar-refractivity contribution in [3.63, 3.8) is 0 Å². The predicted molar refractivity (Wildman–Crippen MR) is 96.0 cm³/mol. The van der Waals surface area contributed by atoms with Crippen LogP contribution in [0.3, 0.4) is 0 Å². The molecule has 2 aromatic rings. The van der Waals surface area contributed by atoms with E-state index in [4.69, 9.17) is 5.73 Å². The zero-order chi connectivity index (χ0) is 19.3. The largest absolute Gasteiger partial charge is 0.507 e. The summed E-state index contributed by atoms with van der Waals surface area (Å²) in [6.45, 7) is 0.629. The van der Waals surface area contributed by atoms with Gasteiger partial charge >= 0.3 is 0 Å². The van der Waals surface area contributed by atoms with Crippen molar-refractivity contribution in [3.8, 4) is 11.5 Å². The monoisotopic (exact) mass is 366 g/mol. The molecule has 1 amide bonds. The molecule has 0 fully saturated rings. The maximum absolute atomic E-state index is 12.9.